The molecule has 1 amide bonds. The van der Waals surface area contributed by atoms with Crippen LogP contribution in [0.3, 0.4) is 0 Å². The van der Waals surface area contributed by atoms with Crippen LogP contribution in [0.5, 0.6) is 0 Å². The molecule has 0 aliphatic heterocycles. The Labute approximate surface area is 155 Å². The van der Waals surface area contributed by atoms with Crippen molar-refractivity contribution in [1.82, 2.24) is 14.5 Å². The number of aromatic nitrogens is 2. The second-order valence-corrected chi connectivity index (χ2v) is 6.76. The van der Waals surface area contributed by atoms with Crippen molar-refractivity contribution in [3.8, 4) is 0 Å². The van der Waals surface area contributed by atoms with E-state index < -0.39 is 11.6 Å². The molecule has 0 bridgehead atoms. The third-order valence-electron chi connectivity index (χ3n) is 4.42. The second kappa shape index (κ2) is 7.03. The van der Waals surface area contributed by atoms with Gasteiger partial charge in [-0.2, -0.15) is 0 Å². The number of amides is 1. The molecule has 7 heteroatoms. The number of likely N-dealkylation sites (N-methyl/N-ethyl adjacent to an activating group) is 1. The average molecular weight is 378 g/mol. The summed E-state index contributed by atoms with van der Waals surface area (Å²) in [6, 6.07) is 4.82. The predicted molar refractivity (Wildman–Crippen MR) is 97.3 cm³/mol. The van der Waals surface area contributed by atoms with Crippen LogP contribution in [0.2, 0.25) is 5.02 Å². The summed E-state index contributed by atoms with van der Waals surface area (Å²) in [5.41, 5.74) is 2.61. The lowest BCUT2D eigenvalue weighted by Gasteiger charge is -2.12. The minimum atomic E-state index is -1.05. The molecule has 0 spiro atoms. The van der Waals surface area contributed by atoms with Crippen LogP contribution < -0.4 is 0 Å². The molecule has 0 aliphatic rings. The summed E-state index contributed by atoms with van der Waals surface area (Å²) in [4.78, 5) is 17.9. The van der Waals surface area contributed by atoms with Crippen molar-refractivity contribution in [3.05, 3.63) is 64.1 Å². The molecule has 4 nitrogen and oxygen atoms in total. The average Bonchev–Trinajstić information content (AvgIpc) is 3.00. The zero-order valence-corrected chi connectivity index (χ0v) is 15.4. The quantitative estimate of drug-likeness (QED) is 0.645. The van der Waals surface area contributed by atoms with Crippen LogP contribution in [0.4, 0.5) is 8.78 Å². The third-order valence-corrected chi connectivity index (χ3v) is 4.81. The van der Waals surface area contributed by atoms with Crippen molar-refractivity contribution in [2.75, 3.05) is 14.1 Å². The minimum Gasteiger partial charge on any atom is -0.347 e. The van der Waals surface area contributed by atoms with Gasteiger partial charge in [-0.3, -0.25) is 9.78 Å². The van der Waals surface area contributed by atoms with E-state index in [-0.39, 0.29) is 23.9 Å². The normalized spacial score (nSPS) is 11.2. The van der Waals surface area contributed by atoms with Gasteiger partial charge in [0.05, 0.1) is 16.2 Å². The molecule has 0 atom stereocenters. The van der Waals surface area contributed by atoms with Crippen molar-refractivity contribution >= 4 is 28.4 Å². The Bertz CT molecular complexity index is 998. The number of carbonyl (C=O) groups excluding carboxylic acids is 1. The van der Waals surface area contributed by atoms with Crippen LogP contribution in [0.15, 0.2) is 30.6 Å². The van der Waals surface area contributed by atoms with Crippen molar-refractivity contribution in [1.29, 1.82) is 0 Å². The number of hydrogen-bond donors (Lipinski definition) is 0. The Morgan fingerprint density at radius 3 is 2.73 bits per heavy atom. The van der Waals surface area contributed by atoms with Gasteiger partial charge in [-0.25, -0.2) is 8.78 Å². The summed E-state index contributed by atoms with van der Waals surface area (Å²) in [6.45, 7) is 1.90. The standard InChI is InChI=1S/C19H18ClF2N3O/c1-11-8-14(21)19(22)18(20)13(11)9-15-12-5-7-25(10-17(26)24(2)3)16(12)4-6-23-15/h4-8H,9-10H2,1-3H3. The van der Waals surface area contributed by atoms with Crippen LogP contribution in [-0.2, 0) is 17.8 Å². The van der Waals surface area contributed by atoms with Crippen molar-refractivity contribution in [2.24, 2.45) is 0 Å². The van der Waals surface area contributed by atoms with Gasteiger partial charge in [0.25, 0.3) is 0 Å². The number of fused-ring (bicyclic) bond motifs is 1. The SMILES string of the molecule is Cc1cc(F)c(F)c(Cl)c1Cc1nccc2c1ccn2CC(=O)N(C)C. The highest BCUT2D eigenvalue weighted by molar-refractivity contribution is 6.31. The van der Waals surface area contributed by atoms with Crippen molar-refractivity contribution in [3.63, 3.8) is 0 Å². The summed E-state index contributed by atoms with van der Waals surface area (Å²) in [5.74, 6) is -2.04. The Hall–Kier alpha value is -2.47. The highest BCUT2D eigenvalue weighted by Crippen LogP contribution is 2.29. The third kappa shape index (κ3) is 3.29. The molecule has 26 heavy (non-hydrogen) atoms. The molecule has 2 heterocycles. The first kappa shape index (κ1) is 18.3. The van der Waals surface area contributed by atoms with E-state index in [2.05, 4.69) is 4.98 Å². The number of rotatable bonds is 4. The zero-order chi connectivity index (χ0) is 19.0. The molecule has 0 saturated heterocycles. The Morgan fingerprint density at radius 1 is 1.31 bits per heavy atom. The van der Waals surface area contributed by atoms with Crippen LogP contribution in [0.1, 0.15) is 16.8 Å². The van der Waals surface area contributed by atoms with Gasteiger partial charge in [0.15, 0.2) is 11.6 Å². The smallest absolute Gasteiger partial charge is 0.241 e. The fraction of sp³-hybridized carbons (Fsp3) is 0.263. The Kier molecular flexibility index (Phi) is 4.96. The summed E-state index contributed by atoms with van der Waals surface area (Å²) in [6.07, 6.45) is 3.72. The minimum absolute atomic E-state index is 0.0274. The number of pyridine rings is 1. The second-order valence-electron chi connectivity index (χ2n) is 6.38. The molecule has 3 rings (SSSR count). The molecule has 2 aromatic heterocycles. The number of halogens is 3. The fourth-order valence-electron chi connectivity index (χ4n) is 2.88. The van der Waals surface area contributed by atoms with Crippen LogP contribution in [-0.4, -0.2) is 34.5 Å². The first-order chi connectivity index (χ1) is 12.3. The molecule has 0 unspecified atom stereocenters. The molecular formula is C19H18ClF2N3O. The van der Waals surface area contributed by atoms with Crippen molar-refractivity contribution < 1.29 is 13.6 Å². The summed E-state index contributed by atoms with van der Waals surface area (Å²) in [5, 5.41) is 0.628. The van der Waals surface area contributed by atoms with E-state index in [1.165, 1.54) is 4.90 Å². The van der Waals surface area contributed by atoms with Gasteiger partial charge >= 0.3 is 0 Å². The van der Waals surface area contributed by atoms with E-state index in [9.17, 15) is 13.6 Å². The summed E-state index contributed by atoms with van der Waals surface area (Å²) >= 11 is 6.02. The van der Waals surface area contributed by atoms with Gasteiger partial charge in [0.1, 0.15) is 6.54 Å². The maximum absolute atomic E-state index is 13.8. The van der Waals surface area contributed by atoms with E-state index in [4.69, 9.17) is 11.6 Å². The molecule has 0 fully saturated rings. The molecule has 0 aliphatic carbocycles. The number of nitrogens with zero attached hydrogens (tertiary/aromatic N) is 3. The summed E-state index contributed by atoms with van der Waals surface area (Å²) < 4.78 is 29.2. The Balaban J connectivity index is 2.02. The van der Waals surface area contributed by atoms with E-state index in [1.807, 2.05) is 22.9 Å². The van der Waals surface area contributed by atoms with Crippen LogP contribution in [0, 0.1) is 18.6 Å². The topological polar surface area (TPSA) is 38.1 Å². The van der Waals surface area contributed by atoms with E-state index >= 15 is 0 Å². The molecule has 3 aromatic rings. The molecule has 0 radical (unpaired) electrons. The largest absolute Gasteiger partial charge is 0.347 e. The lowest BCUT2D eigenvalue weighted by atomic mass is 10.0. The monoisotopic (exact) mass is 377 g/mol. The fourth-order valence-corrected chi connectivity index (χ4v) is 3.19. The maximum Gasteiger partial charge on any atom is 0.241 e. The van der Waals surface area contributed by atoms with Gasteiger partial charge in [-0.1, -0.05) is 11.6 Å². The van der Waals surface area contributed by atoms with Gasteiger partial charge in [-0.15, -0.1) is 0 Å². The first-order valence-corrected chi connectivity index (χ1v) is 8.43. The van der Waals surface area contributed by atoms with Crippen molar-refractivity contribution in [2.45, 2.75) is 19.9 Å². The molecule has 0 saturated carbocycles. The molecule has 0 N–H and O–H groups in total. The van der Waals surface area contributed by atoms with Gasteiger partial charge in [-0.05, 0) is 36.2 Å². The zero-order valence-electron chi connectivity index (χ0n) is 14.7. The van der Waals surface area contributed by atoms with E-state index in [0.29, 0.717) is 16.8 Å². The maximum atomic E-state index is 13.8. The van der Waals surface area contributed by atoms with Gasteiger partial charge < -0.3 is 9.47 Å². The van der Waals surface area contributed by atoms with E-state index in [0.717, 1.165) is 17.0 Å². The number of aryl methyl sites for hydroxylation is 1. The van der Waals surface area contributed by atoms with Crippen LogP contribution in [0.25, 0.3) is 10.9 Å². The lowest BCUT2D eigenvalue weighted by Crippen LogP contribution is -2.25. The molecule has 136 valence electrons. The number of benzene rings is 1. The summed E-state index contributed by atoms with van der Waals surface area (Å²) in [7, 11) is 3.41. The van der Waals surface area contributed by atoms with Gasteiger partial charge in [0, 0.05) is 38.3 Å². The first-order valence-electron chi connectivity index (χ1n) is 8.05. The predicted octanol–water partition coefficient (Wildman–Crippen LogP) is 3.96. The highest BCUT2D eigenvalue weighted by atomic mass is 35.5. The highest BCUT2D eigenvalue weighted by Gasteiger charge is 2.17. The lowest BCUT2D eigenvalue weighted by molar-refractivity contribution is -0.129. The van der Waals surface area contributed by atoms with E-state index in [1.54, 1.807) is 27.2 Å². The molecule has 1 aromatic carbocycles. The number of hydrogen-bond acceptors (Lipinski definition) is 2. The van der Waals surface area contributed by atoms with Crippen LogP contribution >= 0.6 is 11.6 Å². The Morgan fingerprint density at radius 2 is 2.04 bits per heavy atom. The molecular weight excluding hydrogens is 360 g/mol. The van der Waals surface area contributed by atoms with Gasteiger partial charge in [0.2, 0.25) is 5.91 Å². The number of carbonyl (C=O) groups is 1.